The number of amides is 3. The number of fused-ring (bicyclic) bond motifs is 1. The number of H-pyrrole nitrogens is 1. The third-order valence-corrected chi connectivity index (χ3v) is 7.67. The molecule has 0 aliphatic carbocycles. The Balaban J connectivity index is 1.59. The highest BCUT2D eigenvalue weighted by Gasteiger charge is 2.34. The van der Waals surface area contributed by atoms with E-state index in [9.17, 15) is 14.4 Å². The Bertz CT molecular complexity index is 1440. The summed E-state index contributed by atoms with van der Waals surface area (Å²) in [6.07, 6.45) is 3.93. The van der Waals surface area contributed by atoms with Gasteiger partial charge in [-0.25, -0.2) is 14.3 Å². The van der Waals surface area contributed by atoms with Crippen LogP contribution in [0.1, 0.15) is 85.2 Å². The first-order valence-electron chi connectivity index (χ1n) is 15.4. The van der Waals surface area contributed by atoms with Gasteiger partial charge in [0.1, 0.15) is 22.9 Å². The Hall–Kier alpha value is -4.09. The number of hydrogen-bond donors (Lipinski definition) is 2. The molecule has 2 N–H and O–H groups in total. The molecule has 240 valence electrons. The quantitative estimate of drug-likeness (QED) is 0.357. The molecule has 1 unspecified atom stereocenters. The predicted molar refractivity (Wildman–Crippen MR) is 167 cm³/mol. The molecule has 3 heterocycles. The van der Waals surface area contributed by atoms with Crippen molar-refractivity contribution in [1.29, 1.82) is 0 Å². The molecule has 2 aromatic heterocycles. The van der Waals surface area contributed by atoms with E-state index in [0.717, 1.165) is 22.9 Å². The zero-order valence-electron chi connectivity index (χ0n) is 27.2. The predicted octanol–water partition coefficient (Wildman–Crippen LogP) is 5.23. The third kappa shape index (κ3) is 8.29. The highest BCUT2D eigenvalue weighted by molar-refractivity contribution is 5.85. The van der Waals surface area contributed by atoms with Crippen molar-refractivity contribution in [3.8, 4) is 0 Å². The fourth-order valence-electron chi connectivity index (χ4n) is 5.21. The van der Waals surface area contributed by atoms with E-state index in [0.29, 0.717) is 38.3 Å². The van der Waals surface area contributed by atoms with E-state index in [1.165, 1.54) is 0 Å². The Labute approximate surface area is 259 Å². The van der Waals surface area contributed by atoms with Crippen LogP contribution in [-0.4, -0.2) is 85.3 Å². The molecule has 1 fully saturated rings. The van der Waals surface area contributed by atoms with Crippen LogP contribution in [0.2, 0.25) is 0 Å². The Morgan fingerprint density at radius 1 is 0.977 bits per heavy atom. The Morgan fingerprint density at radius 2 is 1.61 bits per heavy atom. The second-order valence-corrected chi connectivity index (χ2v) is 13.5. The molecular weight excluding hydrogens is 562 g/mol. The highest BCUT2D eigenvalue weighted by Crippen LogP contribution is 2.28. The molecule has 0 spiro atoms. The maximum absolute atomic E-state index is 14.2. The minimum Gasteiger partial charge on any atom is -0.444 e. The second-order valence-electron chi connectivity index (χ2n) is 13.5. The van der Waals surface area contributed by atoms with Crippen LogP contribution in [-0.2, 0) is 20.7 Å². The number of aromatic amines is 1. The summed E-state index contributed by atoms with van der Waals surface area (Å²) in [5, 5.41) is 12.9. The van der Waals surface area contributed by atoms with Gasteiger partial charge in [0.05, 0.1) is 12.2 Å². The van der Waals surface area contributed by atoms with Crippen molar-refractivity contribution >= 4 is 29.0 Å². The first-order valence-corrected chi connectivity index (χ1v) is 15.4. The number of ether oxygens (including phenoxy) is 2. The van der Waals surface area contributed by atoms with Gasteiger partial charge in [0.25, 0.3) is 0 Å². The van der Waals surface area contributed by atoms with Crippen LogP contribution in [0.25, 0.3) is 10.9 Å². The number of alkyl carbamates (subject to hydrolysis) is 1. The summed E-state index contributed by atoms with van der Waals surface area (Å²) in [7, 11) is 0. The molecule has 44 heavy (non-hydrogen) atoms. The normalized spacial score (nSPS) is 16.4. The molecule has 3 atom stereocenters. The summed E-state index contributed by atoms with van der Waals surface area (Å²) in [5.74, 6) is -0.0767. The van der Waals surface area contributed by atoms with Gasteiger partial charge < -0.3 is 29.6 Å². The van der Waals surface area contributed by atoms with Crippen LogP contribution in [0.3, 0.4) is 0 Å². The number of benzene rings is 1. The van der Waals surface area contributed by atoms with Gasteiger partial charge in [-0.05, 0) is 59.1 Å². The van der Waals surface area contributed by atoms with Gasteiger partial charge in [-0.2, -0.15) is 0 Å². The first-order chi connectivity index (χ1) is 20.6. The number of carbonyl (C=O) groups is 3. The molecule has 0 saturated carbocycles. The fraction of sp³-hybridized carbons (Fsp3) is 0.594. The highest BCUT2D eigenvalue weighted by atomic mass is 16.6. The number of nitrogens with zero attached hydrogens (tertiary/aromatic N) is 5. The van der Waals surface area contributed by atoms with E-state index >= 15 is 0 Å². The number of hydrogen-bond acceptors (Lipinski definition) is 7. The van der Waals surface area contributed by atoms with Gasteiger partial charge >= 0.3 is 12.2 Å². The largest absolute Gasteiger partial charge is 0.444 e. The van der Waals surface area contributed by atoms with Crippen molar-refractivity contribution < 1.29 is 23.9 Å². The maximum Gasteiger partial charge on any atom is 0.410 e. The molecule has 0 radical (unpaired) electrons. The average Bonchev–Trinajstić information content (AvgIpc) is 3.59. The van der Waals surface area contributed by atoms with Gasteiger partial charge in [-0.3, -0.25) is 4.79 Å². The van der Waals surface area contributed by atoms with Gasteiger partial charge in [-0.1, -0.05) is 43.7 Å². The molecule has 0 bridgehead atoms. The molecule has 12 nitrogen and oxygen atoms in total. The monoisotopic (exact) mass is 609 g/mol. The van der Waals surface area contributed by atoms with E-state index < -0.39 is 29.4 Å². The van der Waals surface area contributed by atoms with E-state index in [1.807, 2.05) is 85.9 Å². The summed E-state index contributed by atoms with van der Waals surface area (Å²) in [5.41, 5.74) is 1.28. The second kappa shape index (κ2) is 13.3. The number of carbonyl (C=O) groups excluding carboxylic acids is 3. The van der Waals surface area contributed by atoms with Crippen molar-refractivity contribution in [2.45, 2.75) is 91.5 Å². The number of rotatable bonds is 8. The van der Waals surface area contributed by atoms with Gasteiger partial charge in [0.15, 0.2) is 0 Å². The van der Waals surface area contributed by atoms with Crippen LogP contribution in [0, 0.1) is 5.92 Å². The van der Waals surface area contributed by atoms with E-state index in [1.54, 1.807) is 20.7 Å². The number of nitrogens with one attached hydrogen (secondary N) is 2. The summed E-state index contributed by atoms with van der Waals surface area (Å²) in [6, 6.07) is 6.81. The molecule has 12 heteroatoms. The van der Waals surface area contributed by atoms with Crippen LogP contribution >= 0.6 is 0 Å². The van der Waals surface area contributed by atoms with Crippen molar-refractivity contribution in [2.24, 2.45) is 5.92 Å². The van der Waals surface area contributed by atoms with Gasteiger partial charge in [0, 0.05) is 49.7 Å². The first kappa shape index (κ1) is 32.8. The smallest absolute Gasteiger partial charge is 0.410 e. The molecule has 3 amide bonds. The molecule has 1 aliphatic rings. The van der Waals surface area contributed by atoms with Crippen LogP contribution < -0.4 is 5.32 Å². The van der Waals surface area contributed by atoms with Crippen LogP contribution in [0.4, 0.5) is 9.59 Å². The molecule has 1 aliphatic heterocycles. The summed E-state index contributed by atoms with van der Waals surface area (Å²) in [6.45, 7) is 16.5. The summed E-state index contributed by atoms with van der Waals surface area (Å²) in [4.78, 5) is 46.2. The standard InChI is InChI=1S/C32H47N7O5/c1-9-21(2)27(34-29(41)43-31(3,4)5)25-20-39(36-35-25)26(18-22-19-33-24-13-11-10-12-23(22)24)28(40)37-14-16-38(17-15-37)30(42)44-32(6,7)8/h10-13,19-21,26-27,33H,9,14-18H2,1-8H3,(H,34,41)/t21-,26+,27?/m1/s1. The zero-order chi connectivity index (χ0) is 32.2. The minimum absolute atomic E-state index is 0.0383. The number of para-hydroxylation sites is 1. The lowest BCUT2D eigenvalue weighted by molar-refractivity contribution is -0.136. The van der Waals surface area contributed by atoms with Crippen LogP contribution in [0.5, 0.6) is 0 Å². The topological polar surface area (TPSA) is 135 Å². The average molecular weight is 610 g/mol. The number of piperazine rings is 1. The molecular formula is C32H47N7O5. The van der Waals surface area contributed by atoms with Crippen LogP contribution in [0.15, 0.2) is 36.7 Å². The third-order valence-electron chi connectivity index (χ3n) is 7.67. The maximum atomic E-state index is 14.2. The lowest BCUT2D eigenvalue weighted by atomic mass is 9.97. The molecule has 1 aromatic carbocycles. The Morgan fingerprint density at radius 3 is 2.25 bits per heavy atom. The lowest BCUT2D eigenvalue weighted by Crippen LogP contribution is -2.53. The van der Waals surface area contributed by atoms with E-state index in [-0.39, 0.29) is 17.9 Å². The van der Waals surface area contributed by atoms with Crippen molar-refractivity contribution in [3.05, 3.63) is 47.9 Å². The minimum atomic E-state index is -0.692. The van der Waals surface area contributed by atoms with E-state index in [4.69, 9.17) is 9.47 Å². The fourth-order valence-corrected chi connectivity index (χ4v) is 5.21. The summed E-state index contributed by atoms with van der Waals surface area (Å²) < 4.78 is 12.6. The summed E-state index contributed by atoms with van der Waals surface area (Å²) >= 11 is 0. The van der Waals surface area contributed by atoms with Crippen molar-refractivity contribution in [3.63, 3.8) is 0 Å². The molecule has 3 aromatic rings. The Kier molecular flexibility index (Phi) is 9.90. The van der Waals surface area contributed by atoms with Gasteiger partial charge in [-0.15, -0.1) is 5.10 Å². The SMILES string of the molecule is CC[C@@H](C)C(NC(=O)OC(C)(C)C)c1cn([C@@H](Cc2c[nH]c3ccccc23)C(=O)N2CCN(C(=O)OC(C)(C)C)CC2)nn1. The zero-order valence-corrected chi connectivity index (χ0v) is 27.2. The van der Waals surface area contributed by atoms with Gasteiger partial charge in [0.2, 0.25) is 5.91 Å². The number of aromatic nitrogens is 4. The lowest BCUT2D eigenvalue weighted by Gasteiger charge is -2.37. The van der Waals surface area contributed by atoms with E-state index in [2.05, 4.69) is 20.6 Å². The molecule has 4 rings (SSSR count). The van der Waals surface area contributed by atoms with Crippen molar-refractivity contribution in [2.75, 3.05) is 26.2 Å². The molecule has 1 saturated heterocycles. The van der Waals surface area contributed by atoms with Crippen molar-refractivity contribution in [1.82, 2.24) is 35.1 Å².